The van der Waals surface area contributed by atoms with Crippen LogP contribution in [0.2, 0.25) is 0 Å². The van der Waals surface area contributed by atoms with E-state index in [4.69, 9.17) is 0 Å². The lowest BCUT2D eigenvalue weighted by Gasteiger charge is -2.06. The van der Waals surface area contributed by atoms with E-state index < -0.39 is 0 Å². The lowest BCUT2D eigenvalue weighted by molar-refractivity contribution is -0.117. The van der Waals surface area contributed by atoms with Crippen molar-refractivity contribution in [3.63, 3.8) is 0 Å². The first-order chi connectivity index (χ1) is 13.0. The van der Waals surface area contributed by atoms with Crippen LogP contribution < -0.4 is 4.80 Å². The van der Waals surface area contributed by atoms with Crippen molar-refractivity contribution in [1.82, 2.24) is 4.57 Å². The highest BCUT2D eigenvalue weighted by molar-refractivity contribution is 7.98. The molecule has 142 valence electrons. The minimum absolute atomic E-state index is 0.183. The number of benzene rings is 2. The fourth-order valence-electron chi connectivity index (χ4n) is 2.87. The molecule has 3 nitrogen and oxygen atoms in total. The highest BCUT2D eigenvalue weighted by Gasteiger charge is 2.10. The molecule has 0 fully saturated rings. The summed E-state index contributed by atoms with van der Waals surface area (Å²) < 4.78 is 16.4. The molecule has 0 spiro atoms. The Bertz CT molecular complexity index is 1000. The van der Waals surface area contributed by atoms with E-state index in [1.54, 1.807) is 17.8 Å². The van der Waals surface area contributed by atoms with E-state index in [1.165, 1.54) is 29.0 Å². The average molecular weight is 403 g/mol. The van der Waals surface area contributed by atoms with Crippen LogP contribution in [-0.2, 0) is 17.8 Å². The Morgan fingerprint density at radius 1 is 1.22 bits per heavy atom. The standard InChI is InChI=1S/C21H23FN2OS2/c1-14(2)16-6-4-15(5-7-16)12-20(25)23-21-24(10-11-26-3)18-9-8-17(22)13-19(18)27-21/h4-9,13-14H,10-12H2,1-3H3. The Morgan fingerprint density at radius 2 is 1.96 bits per heavy atom. The van der Waals surface area contributed by atoms with Gasteiger partial charge in [0.2, 0.25) is 0 Å². The van der Waals surface area contributed by atoms with Crippen LogP contribution in [0.25, 0.3) is 10.2 Å². The number of hydrogen-bond donors (Lipinski definition) is 0. The molecule has 2 aromatic carbocycles. The molecule has 27 heavy (non-hydrogen) atoms. The van der Waals surface area contributed by atoms with Crippen LogP contribution >= 0.6 is 23.1 Å². The number of nitrogens with zero attached hydrogens (tertiary/aromatic N) is 2. The maximum absolute atomic E-state index is 13.6. The molecule has 3 aromatic rings. The van der Waals surface area contributed by atoms with E-state index >= 15 is 0 Å². The quantitative estimate of drug-likeness (QED) is 0.582. The Kier molecular flexibility index (Phi) is 6.50. The number of thioether (sulfide) groups is 1. The zero-order chi connectivity index (χ0) is 19.4. The molecule has 6 heteroatoms. The zero-order valence-corrected chi connectivity index (χ0v) is 17.4. The van der Waals surface area contributed by atoms with Gasteiger partial charge in [0.15, 0.2) is 4.80 Å². The number of rotatable bonds is 6. The SMILES string of the molecule is CSCCn1c(=NC(=O)Cc2ccc(C(C)C)cc2)sc2cc(F)ccc21. The summed E-state index contributed by atoms with van der Waals surface area (Å²) in [7, 11) is 0. The normalized spacial score (nSPS) is 12.3. The highest BCUT2D eigenvalue weighted by Crippen LogP contribution is 2.19. The predicted molar refractivity (Wildman–Crippen MR) is 113 cm³/mol. The molecule has 1 amide bonds. The van der Waals surface area contributed by atoms with Crippen LogP contribution in [-0.4, -0.2) is 22.5 Å². The molecule has 0 aliphatic rings. The minimum Gasteiger partial charge on any atom is -0.316 e. The van der Waals surface area contributed by atoms with Crippen LogP contribution in [0, 0.1) is 5.82 Å². The van der Waals surface area contributed by atoms with Crippen molar-refractivity contribution in [2.45, 2.75) is 32.7 Å². The Balaban J connectivity index is 1.90. The van der Waals surface area contributed by atoms with Crippen molar-refractivity contribution >= 4 is 39.2 Å². The highest BCUT2D eigenvalue weighted by atomic mass is 32.2. The monoisotopic (exact) mass is 402 g/mol. The second kappa shape index (κ2) is 8.85. The van der Waals surface area contributed by atoms with Crippen molar-refractivity contribution < 1.29 is 9.18 Å². The van der Waals surface area contributed by atoms with Gasteiger partial charge in [-0.15, -0.1) is 0 Å². The van der Waals surface area contributed by atoms with Gasteiger partial charge < -0.3 is 4.57 Å². The van der Waals surface area contributed by atoms with Gasteiger partial charge in [-0.25, -0.2) is 4.39 Å². The van der Waals surface area contributed by atoms with Crippen LogP contribution in [0.1, 0.15) is 30.9 Å². The van der Waals surface area contributed by atoms with Crippen LogP contribution in [0.3, 0.4) is 0 Å². The number of aromatic nitrogens is 1. The van der Waals surface area contributed by atoms with Crippen molar-refractivity contribution in [3.8, 4) is 0 Å². The molecule has 0 atom stereocenters. The molecular formula is C21H23FN2OS2. The number of amides is 1. The van der Waals surface area contributed by atoms with Crippen molar-refractivity contribution in [2.24, 2.45) is 4.99 Å². The van der Waals surface area contributed by atoms with Crippen molar-refractivity contribution in [3.05, 3.63) is 64.2 Å². The number of halogens is 1. The van der Waals surface area contributed by atoms with Crippen LogP contribution in [0.15, 0.2) is 47.5 Å². The summed E-state index contributed by atoms with van der Waals surface area (Å²) >= 11 is 3.09. The van der Waals surface area contributed by atoms with Gasteiger partial charge in [0.05, 0.1) is 16.6 Å². The molecule has 0 aliphatic carbocycles. The Hall–Kier alpha value is -1.92. The first kappa shape index (κ1) is 19.8. The zero-order valence-electron chi connectivity index (χ0n) is 15.7. The number of hydrogen-bond acceptors (Lipinski definition) is 3. The molecule has 0 radical (unpaired) electrons. The van der Waals surface area contributed by atoms with Gasteiger partial charge in [0.25, 0.3) is 5.91 Å². The number of fused-ring (bicyclic) bond motifs is 1. The first-order valence-electron chi connectivity index (χ1n) is 8.92. The molecule has 3 rings (SSSR count). The van der Waals surface area contributed by atoms with E-state index in [0.717, 1.165) is 28.1 Å². The predicted octanol–water partition coefficient (Wildman–Crippen LogP) is 5.00. The van der Waals surface area contributed by atoms with E-state index in [1.807, 2.05) is 23.0 Å². The third-order valence-corrected chi connectivity index (χ3v) is 6.02. The first-order valence-corrected chi connectivity index (χ1v) is 11.1. The number of aryl methyl sites for hydroxylation is 1. The fourth-order valence-corrected chi connectivity index (χ4v) is 4.34. The molecule has 0 saturated carbocycles. The summed E-state index contributed by atoms with van der Waals surface area (Å²) in [4.78, 5) is 17.5. The summed E-state index contributed by atoms with van der Waals surface area (Å²) in [5.41, 5.74) is 3.13. The fraction of sp³-hybridized carbons (Fsp3) is 0.333. The van der Waals surface area contributed by atoms with Gasteiger partial charge in [0.1, 0.15) is 5.82 Å². The van der Waals surface area contributed by atoms with Gasteiger partial charge in [-0.2, -0.15) is 16.8 Å². The Labute approximate surface area is 167 Å². The molecule has 0 N–H and O–H groups in total. The summed E-state index contributed by atoms with van der Waals surface area (Å²) in [6.07, 6.45) is 2.31. The summed E-state index contributed by atoms with van der Waals surface area (Å²) in [6, 6.07) is 12.8. The maximum atomic E-state index is 13.6. The van der Waals surface area contributed by atoms with Gasteiger partial charge in [-0.05, 0) is 41.5 Å². The van der Waals surface area contributed by atoms with E-state index in [-0.39, 0.29) is 18.1 Å². The van der Waals surface area contributed by atoms with Crippen LogP contribution in [0.5, 0.6) is 0 Å². The van der Waals surface area contributed by atoms with Gasteiger partial charge in [-0.1, -0.05) is 49.4 Å². The van der Waals surface area contributed by atoms with Gasteiger partial charge in [-0.3, -0.25) is 4.79 Å². The van der Waals surface area contributed by atoms with Crippen molar-refractivity contribution in [2.75, 3.05) is 12.0 Å². The second-order valence-corrected chi connectivity index (χ2v) is 8.71. The summed E-state index contributed by atoms with van der Waals surface area (Å²) in [6.45, 7) is 5.03. The molecular weight excluding hydrogens is 379 g/mol. The van der Waals surface area contributed by atoms with E-state index in [9.17, 15) is 9.18 Å². The summed E-state index contributed by atoms with van der Waals surface area (Å²) in [5, 5.41) is 0. The van der Waals surface area contributed by atoms with Gasteiger partial charge >= 0.3 is 0 Å². The summed E-state index contributed by atoms with van der Waals surface area (Å²) in [5.74, 6) is 0.913. The minimum atomic E-state index is -0.274. The van der Waals surface area contributed by atoms with Gasteiger partial charge in [0, 0.05) is 12.3 Å². The topological polar surface area (TPSA) is 34.4 Å². The lowest BCUT2D eigenvalue weighted by Crippen LogP contribution is -2.18. The molecule has 0 unspecified atom stereocenters. The van der Waals surface area contributed by atoms with E-state index in [2.05, 4.69) is 31.0 Å². The van der Waals surface area contributed by atoms with E-state index in [0.29, 0.717) is 10.7 Å². The second-order valence-electron chi connectivity index (χ2n) is 6.72. The average Bonchev–Trinajstić information content (AvgIpc) is 2.96. The smallest absolute Gasteiger partial charge is 0.252 e. The third-order valence-electron chi connectivity index (χ3n) is 4.39. The largest absolute Gasteiger partial charge is 0.316 e. The molecule has 1 heterocycles. The molecule has 0 bridgehead atoms. The third kappa shape index (κ3) is 4.87. The number of thiazole rings is 1. The lowest BCUT2D eigenvalue weighted by atomic mass is 10.0. The Morgan fingerprint density at radius 3 is 2.63 bits per heavy atom. The molecule has 0 saturated heterocycles. The molecule has 1 aromatic heterocycles. The number of carbonyl (C=O) groups excluding carboxylic acids is 1. The van der Waals surface area contributed by atoms with Crippen molar-refractivity contribution in [1.29, 1.82) is 0 Å². The number of carbonyl (C=O) groups is 1. The maximum Gasteiger partial charge on any atom is 0.252 e. The molecule has 0 aliphatic heterocycles. The van der Waals surface area contributed by atoms with Crippen LogP contribution in [0.4, 0.5) is 4.39 Å².